The number of aryl methyl sites for hydroxylation is 1. The predicted octanol–water partition coefficient (Wildman–Crippen LogP) is 5.31. The first kappa shape index (κ1) is 24.9. The van der Waals surface area contributed by atoms with Crippen molar-refractivity contribution in [1.29, 1.82) is 0 Å². The van der Waals surface area contributed by atoms with E-state index in [-0.39, 0.29) is 24.9 Å². The fraction of sp³-hybridized carbons (Fsp3) is 0.233. The molecule has 6 heteroatoms. The van der Waals surface area contributed by atoms with Gasteiger partial charge in [0.1, 0.15) is 18.2 Å². The minimum absolute atomic E-state index is 0.117. The smallest absolute Gasteiger partial charge is 0.336 e. The highest BCUT2D eigenvalue weighted by atomic mass is 16.5. The van der Waals surface area contributed by atoms with Gasteiger partial charge in [-0.1, -0.05) is 62.4 Å². The first-order valence-corrected chi connectivity index (χ1v) is 12.0. The molecule has 0 spiro atoms. The third-order valence-corrected chi connectivity index (χ3v) is 6.12. The van der Waals surface area contributed by atoms with Crippen LogP contribution in [0.1, 0.15) is 52.4 Å². The Morgan fingerprint density at radius 3 is 2.28 bits per heavy atom. The van der Waals surface area contributed by atoms with E-state index in [0.717, 1.165) is 22.1 Å². The van der Waals surface area contributed by atoms with E-state index in [1.165, 1.54) is 6.07 Å². The zero-order valence-corrected chi connectivity index (χ0v) is 20.6. The van der Waals surface area contributed by atoms with E-state index >= 15 is 0 Å². The highest BCUT2D eigenvalue weighted by Gasteiger charge is 2.24. The number of benzene rings is 3. The van der Waals surface area contributed by atoms with Gasteiger partial charge < -0.3 is 14.5 Å². The maximum Gasteiger partial charge on any atom is 0.336 e. The monoisotopic (exact) mass is 483 g/mol. The summed E-state index contributed by atoms with van der Waals surface area (Å²) in [7, 11) is 0. The summed E-state index contributed by atoms with van der Waals surface area (Å²) in [5.41, 5.74) is 3.99. The molecule has 1 amide bonds. The molecule has 0 radical (unpaired) electrons. The van der Waals surface area contributed by atoms with E-state index in [2.05, 4.69) is 19.2 Å². The zero-order valence-electron chi connectivity index (χ0n) is 20.6. The van der Waals surface area contributed by atoms with Crippen molar-refractivity contribution in [3.05, 3.63) is 117 Å². The van der Waals surface area contributed by atoms with Crippen LogP contribution in [0.4, 0.5) is 0 Å². The summed E-state index contributed by atoms with van der Waals surface area (Å²) in [5.74, 6) is -0.669. The van der Waals surface area contributed by atoms with Gasteiger partial charge in [-0.15, -0.1) is 0 Å². The van der Waals surface area contributed by atoms with Gasteiger partial charge in [0.2, 0.25) is 0 Å². The van der Waals surface area contributed by atoms with Crippen LogP contribution in [0.3, 0.4) is 0 Å². The first-order valence-electron chi connectivity index (χ1n) is 12.0. The van der Waals surface area contributed by atoms with Crippen LogP contribution < -0.4 is 10.9 Å². The maximum atomic E-state index is 13.2. The third-order valence-electron chi connectivity index (χ3n) is 6.12. The van der Waals surface area contributed by atoms with Crippen LogP contribution in [0.25, 0.3) is 11.0 Å². The van der Waals surface area contributed by atoms with Gasteiger partial charge in [0.05, 0.1) is 0 Å². The predicted molar refractivity (Wildman–Crippen MR) is 139 cm³/mol. The highest BCUT2D eigenvalue weighted by Crippen LogP contribution is 2.27. The third kappa shape index (κ3) is 5.89. The number of nitrogens with one attached hydrogen (secondary N) is 1. The lowest BCUT2D eigenvalue weighted by molar-refractivity contribution is -0.147. The number of fused-ring (bicyclic) bond motifs is 1. The summed E-state index contributed by atoms with van der Waals surface area (Å²) < 4.78 is 11.1. The van der Waals surface area contributed by atoms with Crippen LogP contribution in [0.2, 0.25) is 0 Å². The fourth-order valence-corrected chi connectivity index (χ4v) is 4.26. The van der Waals surface area contributed by atoms with Crippen LogP contribution in [0.15, 0.2) is 88.1 Å². The lowest BCUT2D eigenvalue weighted by Gasteiger charge is -2.19. The number of hydrogen-bond acceptors (Lipinski definition) is 5. The molecule has 184 valence electrons. The van der Waals surface area contributed by atoms with Crippen molar-refractivity contribution < 1.29 is 18.7 Å². The van der Waals surface area contributed by atoms with Gasteiger partial charge in [-0.05, 0) is 53.8 Å². The number of carbonyl (C=O) groups excluding carboxylic acids is 2. The largest absolute Gasteiger partial charge is 0.459 e. The average molecular weight is 484 g/mol. The Morgan fingerprint density at radius 2 is 1.61 bits per heavy atom. The number of esters is 1. The lowest BCUT2D eigenvalue weighted by atomic mass is 9.95. The van der Waals surface area contributed by atoms with Gasteiger partial charge in [0.15, 0.2) is 0 Å². The molecule has 1 aromatic heterocycles. The first-order chi connectivity index (χ1) is 17.3. The second kappa shape index (κ2) is 11.0. The Kier molecular flexibility index (Phi) is 7.64. The van der Waals surface area contributed by atoms with Crippen LogP contribution in [0, 0.1) is 6.92 Å². The Balaban J connectivity index is 1.58. The zero-order chi connectivity index (χ0) is 25.7. The van der Waals surface area contributed by atoms with Crippen LogP contribution in [-0.4, -0.2) is 17.9 Å². The van der Waals surface area contributed by atoms with Gasteiger partial charge in [0.25, 0.3) is 5.91 Å². The summed E-state index contributed by atoms with van der Waals surface area (Å²) in [6, 6.07) is 22.4. The van der Waals surface area contributed by atoms with Crippen LogP contribution in [-0.2, 0) is 22.6 Å². The maximum absolute atomic E-state index is 13.2. The molecular formula is C30H29NO5. The Bertz CT molecular complexity index is 1420. The molecule has 0 saturated carbocycles. The number of amides is 1. The second-order valence-electron chi connectivity index (χ2n) is 9.14. The van der Waals surface area contributed by atoms with Crippen molar-refractivity contribution in [3.63, 3.8) is 0 Å². The molecule has 1 atom stereocenters. The lowest BCUT2D eigenvalue weighted by Crippen LogP contribution is -2.43. The molecule has 0 fully saturated rings. The highest BCUT2D eigenvalue weighted by molar-refractivity contribution is 5.96. The fourth-order valence-electron chi connectivity index (χ4n) is 4.26. The summed E-state index contributed by atoms with van der Waals surface area (Å²) in [5, 5.41) is 3.53. The van der Waals surface area contributed by atoms with Crippen molar-refractivity contribution in [1.82, 2.24) is 5.32 Å². The molecule has 4 aromatic rings. The average Bonchev–Trinajstić information content (AvgIpc) is 2.87. The molecule has 0 aliphatic rings. The van der Waals surface area contributed by atoms with Crippen molar-refractivity contribution in [2.24, 2.45) is 0 Å². The summed E-state index contributed by atoms with van der Waals surface area (Å²) in [6.07, 6.45) is 0.270. The van der Waals surface area contributed by atoms with E-state index < -0.39 is 17.6 Å². The van der Waals surface area contributed by atoms with E-state index in [0.29, 0.717) is 16.7 Å². The Labute approximate surface area is 209 Å². The van der Waals surface area contributed by atoms with Crippen molar-refractivity contribution >= 4 is 22.8 Å². The summed E-state index contributed by atoms with van der Waals surface area (Å²) in [6.45, 7) is 6.05. The SMILES string of the molecule is Cc1cc2oc(=O)cc(COC(=O)C(Cc3ccccc3)NC(=O)c3ccccc3)c2cc1C(C)C. The molecule has 4 rings (SSSR count). The number of rotatable bonds is 8. The molecule has 0 saturated heterocycles. The normalized spacial score (nSPS) is 11.9. The van der Waals surface area contributed by atoms with E-state index in [9.17, 15) is 14.4 Å². The minimum Gasteiger partial charge on any atom is -0.459 e. The number of carbonyl (C=O) groups is 2. The van der Waals surface area contributed by atoms with Gasteiger partial charge >= 0.3 is 11.6 Å². The molecule has 36 heavy (non-hydrogen) atoms. The van der Waals surface area contributed by atoms with Gasteiger partial charge in [0, 0.05) is 29.0 Å². The van der Waals surface area contributed by atoms with Crippen LogP contribution in [0.5, 0.6) is 0 Å². The second-order valence-corrected chi connectivity index (χ2v) is 9.14. The summed E-state index contributed by atoms with van der Waals surface area (Å²) in [4.78, 5) is 38.2. The van der Waals surface area contributed by atoms with Crippen molar-refractivity contribution in [3.8, 4) is 0 Å². The molecule has 0 aliphatic heterocycles. The van der Waals surface area contributed by atoms with Gasteiger partial charge in [-0.3, -0.25) is 4.79 Å². The quantitative estimate of drug-likeness (QED) is 0.271. The molecule has 0 aliphatic carbocycles. The number of ether oxygens (including phenoxy) is 1. The molecule has 1 heterocycles. The molecule has 1 N–H and O–H groups in total. The molecule has 3 aromatic carbocycles. The Morgan fingerprint density at radius 1 is 0.944 bits per heavy atom. The number of hydrogen-bond donors (Lipinski definition) is 1. The van der Waals surface area contributed by atoms with Crippen molar-refractivity contribution in [2.75, 3.05) is 0 Å². The molecule has 0 bridgehead atoms. The Hall–Kier alpha value is -4.19. The van der Waals surface area contributed by atoms with E-state index in [1.807, 2.05) is 55.5 Å². The van der Waals surface area contributed by atoms with Gasteiger partial charge in [-0.2, -0.15) is 0 Å². The van der Waals surface area contributed by atoms with Crippen LogP contribution >= 0.6 is 0 Å². The van der Waals surface area contributed by atoms with Gasteiger partial charge in [-0.25, -0.2) is 9.59 Å². The van der Waals surface area contributed by atoms with E-state index in [4.69, 9.17) is 9.15 Å². The summed E-state index contributed by atoms with van der Waals surface area (Å²) >= 11 is 0. The van der Waals surface area contributed by atoms with E-state index in [1.54, 1.807) is 24.3 Å². The minimum atomic E-state index is -0.903. The standard InChI is InChI=1S/C30H29NO5/c1-19(2)24-17-25-23(16-28(32)36-27(25)14-20(24)3)18-35-30(34)26(15-21-10-6-4-7-11-21)31-29(33)22-12-8-5-9-13-22/h4-14,16-17,19,26H,15,18H2,1-3H3,(H,31,33). The topological polar surface area (TPSA) is 85.6 Å². The van der Waals surface area contributed by atoms with Crippen molar-refractivity contribution in [2.45, 2.75) is 45.8 Å². The molecule has 1 unspecified atom stereocenters. The molecule has 6 nitrogen and oxygen atoms in total. The molecular weight excluding hydrogens is 454 g/mol.